The van der Waals surface area contributed by atoms with Gasteiger partial charge in [-0.25, -0.2) is 4.52 Å². The molecule has 1 aromatic carbocycles. The molecule has 0 aliphatic heterocycles. The molecule has 0 N–H and O–H groups in total. The van der Waals surface area contributed by atoms with Gasteiger partial charge in [-0.05, 0) is 30.7 Å². The number of rotatable bonds is 3. The number of carbonyl (C=O) groups excluding carboxylic acids is 1. The van der Waals surface area contributed by atoms with Gasteiger partial charge in [0.15, 0.2) is 5.78 Å². The number of hydrogen-bond acceptors (Lipinski definition) is 3. The second-order valence-corrected chi connectivity index (χ2v) is 5.60. The Morgan fingerprint density at radius 3 is 2.58 bits per heavy atom. The van der Waals surface area contributed by atoms with Crippen molar-refractivity contribution in [3.63, 3.8) is 0 Å². The Morgan fingerprint density at radius 1 is 1.00 bits per heavy atom. The van der Waals surface area contributed by atoms with Gasteiger partial charge in [-0.1, -0.05) is 36.4 Å². The molecule has 4 heteroatoms. The molecule has 0 atom stereocenters. The Kier molecular flexibility index (Phi) is 3.43. The van der Waals surface area contributed by atoms with Crippen LogP contribution in [-0.2, 0) is 0 Å². The van der Waals surface area contributed by atoms with E-state index in [1.807, 2.05) is 65.3 Å². The predicted molar refractivity (Wildman–Crippen MR) is 93.9 cm³/mol. The molecule has 0 aliphatic rings. The molecule has 0 aliphatic carbocycles. The summed E-state index contributed by atoms with van der Waals surface area (Å²) < 4.78 is 1.85. The van der Waals surface area contributed by atoms with Gasteiger partial charge in [-0.2, -0.15) is 5.10 Å². The third kappa shape index (κ3) is 2.29. The van der Waals surface area contributed by atoms with E-state index in [0.717, 1.165) is 27.9 Å². The summed E-state index contributed by atoms with van der Waals surface area (Å²) in [6, 6.07) is 17.8. The summed E-state index contributed by atoms with van der Waals surface area (Å²) in [6.45, 7) is 1.56. The maximum atomic E-state index is 12.1. The van der Waals surface area contributed by atoms with Crippen molar-refractivity contribution in [2.75, 3.05) is 0 Å². The van der Waals surface area contributed by atoms with Gasteiger partial charge < -0.3 is 0 Å². The van der Waals surface area contributed by atoms with Crippen molar-refractivity contribution < 1.29 is 4.79 Å². The fraction of sp³-hybridized carbons (Fsp3) is 0.0500. The SMILES string of the molecule is CC(=O)c1cnccc1-c1c(-c2ccccc2)nn2ccccc12. The summed E-state index contributed by atoms with van der Waals surface area (Å²) in [5.74, 6) is -0.00704. The number of carbonyl (C=O) groups is 1. The molecule has 3 aromatic heterocycles. The van der Waals surface area contributed by atoms with Crippen LogP contribution < -0.4 is 0 Å². The average Bonchev–Trinajstić information content (AvgIpc) is 3.02. The van der Waals surface area contributed by atoms with Crippen LogP contribution in [0.15, 0.2) is 73.2 Å². The van der Waals surface area contributed by atoms with Gasteiger partial charge in [-0.15, -0.1) is 0 Å². The molecule has 4 aromatic rings. The monoisotopic (exact) mass is 313 g/mol. The summed E-state index contributed by atoms with van der Waals surface area (Å²) >= 11 is 0. The zero-order valence-electron chi connectivity index (χ0n) is 13.2. The van der Waals surface area contributed by atoms with Crippen LogP contribution in [0.3, 0.4) is 0 Å². The highest BCUT2D eigenvalue weighted by molar-refractivity contribution is 6.05. The maximum Gasteiger partial charge on any atom is 0.161 e. The second-order valence-electron chi connectivity index (χ2n) is 5.60. The predicted octanol–water partition coefficient (Wildman–Crippen LogP) is 4.27. The summed E-state index contributed by atoms with van der Waals surface area (Å²) in [7, 11) is 0. The Labute approximate surface area is 139 Å². The highest BCUT2D eigenvalue weighted by Crippen LogP contribution is 2.36. The van der Waals surface area contributed by atoms with Crippen LogP contribution in [0.1, 0.15) is 17.3 Å². The van der Waals surface area contributed by atoms with E-state index in [0.29, 0.717) is 5.56 Å². The molecular weight excluding hydrogens is 298 g/mol. The minimum Gasteiger partial charge on any atom is -0.294 e. The van der Waals surface area contributed by atoms with E-state index in [1.54, 1.807) is 19.3 Å². The fourth-order valence-corrected chi connectivity index (χ4v) is 2.96. The number of benzene rings is 1. The molecule has 116 valence electrons. The number of fused-ring (bicyclic) bond motifs is 1. The first-order valence-corrected chi connectivity index (χ1v) is 7.74. The third-order valence-electron chi connectivity index (χ3n) is 4.06. The van der Waals surface area contributed by atoms with Crippen LogP contribution in [0.25, 0.3) is 27.9 Å². The van der Waals surface area contributed by atoms with E-state index in [1.165, 1.54) is 0 Å². The molecule has 0 saturated heterocycles. The van der Waals surface area contributed by atoms with Crippen molar-refractivity contribution in [1.82, 2.24) is 14.6 Å². The van der Waals surface area contributed by atoms with Crippen LogP contribution in [0, 0.1) is 0 Å². The van der Waals surface area contributed by atoms with E-state index < -0.39 is 0 Å². The quantitative estimate of drug-likeness (QED) is 0.531. The minimum absolute atomic E-state index is 0.00704. The number of ketones is 1. The minimum atomic E-state index is -0.00704. The molecule has 0 bridgehead atoms. The molecule has 0 radical (unpaired) electrons. The van der Waals surface area contributed by atoms with Crippen molar-refractivity contribution in [2.24, 2.45) is 0 Å². The lowest BCUT2D eigenvalue weighted by molar-refractivity contribution is 0.101. The largest absolute Gasteiger partial charge is 0.294 e. The number of nitrogens with zero attached hydrogens (tertiary/aromatic N) is 3. The highest BCUT2D eigenvalue weighted by atomic mass is 16.1. The van der Waals surface area contributed by atoms with Crippen LogP contribution in [0.2, 0.25) is 0 Å². The van der Waals surface area contributed by atoms with Crippen molar-refractivity contribution in [3.05, 3.63) is 78.8 Å². The molecule has 3 heterocycles. The number of aromatic nitrogens is 3. The fourth-order valence-electron chi connectivity index (χ4n) is 2.96. The van der Waals surface area contributed by atoms with Crippen molar-refractivity contribution >= 4 is 11.3 Å². The van der Waals surface area contributed by atoms with E-state index in [4.69, 9.17) is 5.10 Å². The van der Waals surface area contributed by atoms with Crippen LogP contribution >= 0.6 is 0 Å². The van der Waals surface area contributed by atoms with E-state index in [9.17, 15) is 4.79 Å². The van der Waals surface area contributed by atoms with Crippen LogP contribution in [0.4, 0.5) is 0 Å². The second kappa shape index (κ2) is 5.74. The summed E-state index contributed by atoms with van der Waals surface area (Å²) in [5, 5.41) is 4.74. The molecule has 0 unspecified atom stereocenters. The molecule has 24 heavy (non-hydrogen) atoms. The van der Waals surface area contributed by atoms with Gasteiger partial charge in [0, 0.05) is 35.3 Å². The van der Waals surface area contributed by atoms with Gasteiger partial charge in [0.05, 0.1) is 5.52 Å². The van der Waals surface area contributed by atoms with E-state index in [-0.39, 0.29) is 5.78 Å². The third-order valence-corrected chi connectivity index (χ3v) is 4.06. The van der Waals surface area contributed by atoms with Gasteiger partial charge in [0.25, 0.3) is 0 Å². The molecule has 0 fully saturated rings. The zero-order valence-corrected chi connectivity index (χ0v) is 13.2. The van der Waals surface area contributed by atoms with Crippen molar-refractivity contribution in [2.45, 2.75) is 6.92 Å². The maximum absolute atomic E-state index is 12.1. The molecule has 4 nitrogen and oxygen atoms in total. The summed E-state index contributed by atoms with van der Waals surface area (Å²) in [5.41, 5.74) is 5.25. The highest BCUT2D eigenvalue weighted by Gasteiger charge is 2.19. The number of hydrogen-bond donors (Lipinski definition) is 0. The van der Waals surface area contributed by atoms with Crippen LogP contribution in [-0.4, -0.2) is 20.4 Å². The topological polar surface area (TPSA) is 47.3 Å². The Bertz CT molecular complexity index is 1040. The standard InChI is InChI=1S/C20H15N3O/c1-14(24)17-13-21-11-10-16(17)19-18-9-5-6-12-23(18)22-20(19)15-7-3-2-4-8-15/h2-13H,1H3. The molecule has 0 spiro atoms. The first kappa shape index (κ1) is 14.3. The lowest BCUT2D eigenvalue weighted by Gasteiger charge is -2.08. The molecule has 0 amide bonds. The van der Waals surface area contributed by atoms with Gasteiger partial charge in [0.2, 0.25) is 0 Å². The number of Topliss-reactive ketones (excluding diaryl/α,β-unsaturated/α-hetero) is 1. The lowest BCUT2D eigenvalue weighted by atomic mass is 9.95. The first-order chi connectivity index (χ1) is 11.8. The normalized spacial score (nSPS) is 10.9. The summed E-state index contributed by atoms with van der Waals surface area (Å²) in [6.07, 6.45) is 5.25. The molecule has 4 rings (SSSR count). The molecular formula is C20H15N3O. The average molecular weight is 313 g/mol. The lowest BCUT2D eigenvalue weighted by Crippen LogP contribution is -1.97. The van der Waals surface area contributed by atoms with Crippen molar-refractivity contribution in [1.29, 1.82) is 0 Å². The van der Waals surface area contributed by atoms with E-state index in [2.05, 4.69) is 4.98 Å². The van der Waals surface area contributed by atoms with Crippen molar-refractivity contribution in [3.8, 4) is 22.4 Å². The van der Waals surface area contributed by atoms with Gasteiger partial charge >= 0.3 is 0 Å². The Hall–Kier alpha value is -3.27. The smallest absolute Gasteiger partial charge is 0.161 e. The Morgan fingerprint density at radius 2 is 1.79 bits per heavy atom. The first-order valence-electron chi connectivity index (χ1n) is 7.74. The Balaban J connectivity index is 2.10. The van der Waals surface area contributed by atoms with E-state index >= 15 is 0 Å². The summed E-state index contributed by atoms with van der Waals surface area (Å²) in [4.78, 5) is 16.2. The zero-order chi connectivity index (χ0) is 16.5. The van der Waals surface area contributed by atoms with Gasteiger partial charge in [0.1, 0.15) is 5.69 Å². The number of pyridine rings is 2. The van der Waals surface area contributed by atoms with Crippen LogP contribution in [0.5, 0.6) is 0 Å². The molecule has 0 saturated carbocycles. The van der Waals surface area contributed by atoms with Gasteiger partial charge in [-0.3, -0.25) is 9.78 Å².